The molecule has 0 saturated carbocycles. The van der Waals surface area contributed by atoms with Gasteiger partial charge in [0.05, 0.1) is 23.8 Å². The van der Waals surface area contributed by atoms with Crippen LogP contribution in [0.15, 0.2) is 24.3 Å². The van der Waals surface area contributed by atoms with E-state index in [-0.39, 0.29) is 5.91 Å². The van der Waals surface area contributed by atoms with Crippen LogP contribution in [-0.4, -0.2) is 49.7 Å². The van der Waals surface area contributed by atoms with Gasteiger partial charge in [-0.2, -0.15) is 0 Å². The first kappa shape index (κ1) is 16.3. The zero-order chi connectivity index (χ0) is 15.2. The molecule has 0 aliphatic carbocycles. The quantitative estimate of drug-likeness (QED) is 0.908. The summed E-state index contributed by atoms with van der Waals surface area (Å²) in [5, 5.41) is 3.50. The van der Waals surface area contributed by atoms with Crippen molar-refractivity contribution in [3.8, 4) is 0 Å². The Morgan fingerprint density at radius 3 is 2.62 bits per heavy atom. The van der Waals surface area contributed by atoms with Crippen LogP contribution < -0.4 is 5.32 Å². The Bertz CT molecular complexity index is 473. The molecule has 4 nitrogen and oxygen atoms in total. The number of morpholine rings is 1. The van der Waals surface area contributed by atoms with Gasteiger partial charge in [0.2, 0.25) is 0 Å². The number of hydrogen-bond donors (Lipinski definition) is 1. The second kappa shape index (κ2) is 7.78. The number of benzene rings is 1. The molecule has 1 aromatic carbocycles. The van der Waals surface area contributed by atoms with Gasteiger partial charge < -0.3 is 10.1 Å². The third-order valence-corrected chi connectivity index (χ3v) is 4.20. The van der Waals surface area contributed by atoms with Gasteiger partial charge in [-0.3, -0.25) is 9.69 Å². The van der Waals surface area contributed by atoms with Crippen LogP contribution in [0.4, 0.5) is 0 Å². The molecule has 0 bridgehead atoms. The molecule has 2 rings (SSSR count). The van der Waals surface area contributed by atoms with Crippen LogP contribution in [0.1, 0.15) is 24.2 Å². The monoisotopic (exact) mass is 310 g/mol. The Morgan fingerprint density at radius 1 is 1.33 bits per heavy atom. The summed E-state index contributed by atoms with van der Waals surface area (Å²) in [7, 11) is 0. The fraction of sp³-hybridized carbons (Fsp3) is 0.562. The molecule has 1 aliphatic heterocycles. The topological polar surface area (TPSA) is 41.6 Å². The van der Waals surface area contributed by atoms with Crippen molar-refractivity contribution in [3.05, 3.63) is 34.9 Å². The second-order valence-corrected chi connectivity index (χ2v) is 6.06. The van der Waals surface area contributed by atoms with E-state index in [4.69, 9.17) is 16.3 Å². The van der Waals surface area contributed by atoms with Crippen molar-refractivity contribution >= 4 is 17.5 Å². The molecule has 1 atom stereocenters. The second-order valence-electron chi connectivity index (χ2n) is 5.65. The molecule has 1 heterocycles. The number of nitrogens with one attached hydrogen (secondary N) is 1. The maximum atomic E-state index is 12.2. The average molecular weight is 311 g/mol. The van der Waals surface area contributed by atoms with Gasteiger partial charge in [-0.1, -0.05) is 37.6 Å². The van der Waals surface area contributed by atoms with Crippen molar-refractivity contribution in [2.75, 3.05) is 32.8 Å². The van der Waals surface area contributed by atoms with Gasteiger partial charge in [0.1, 0.15) is 0 Å². The van der Waals surface area contributed by atoms with Crippen LogP contribution >= 0.6 is 11.6 Å². The molecule has 1 saturated heterocycles. The normalized spacial score (nSPS) is 17.7. The van der Waals surface area contributed by atoms with E-state index in [9.17, 15) is 4.79 Å². The summed E-state index contributed by atoms with van der Waals surface area (Å²) in [6, 6.07) is 7.45. The van der Waals surface area contributed by atoms with Crippen LogP contribution in [0, 0.1) is 5.92 Å². The van der Waals surface area contributed by atoms with Crippen molar-refractivity contribution in [2.45, 2.75) is 19.9 Å². The number of hydrogen-bond acceptors (Lipinski definition) is 3. The van der Waals surface area contributed by atoms with Crippen molar-refractivity contribution < 1.29 is 9.53 Å². The fourth-order valence-electron chi connectivity index (χ4n) is 2.63. The highest BCUT2D eigenvalue weighted by Gasteiger charge is 2.24. The highest BCUT2D eigenvalue weighted by Crippen LogP contribution is 2.16. The lowest BCUT2D eigenvalue weighted by Crippen LogP contribution is -2.51. The van der Waals surface area contributed by atoms with E-state index in [1.807, 2.05) is 12.1 Å². The first-order chi connectivity index (χ1) is 10.1. The Hall–Kier alpha value is -1.10. The largest absolute Gasteiger partial charge is 0.379 e. The number of halogens is 1. The zero-order valence-corrected chi connectivity index (χ0v) is 13.4. The predicted octanol–water partition coefficient (Wildman–Crippen LogP) is 2.43. The summed E-state index contributed by atoms with van der Waals surface area (Å²) in [6.07, 6.45) is 0. The molecular formula is C16H23ClN2O2. The Morgan fingerprint density at radius 2 is 2.00 bits per heavy atom. The van der Waals surface area contributed by atoms with Gasteiger partial charge in [0.15, 0.2) is 0 Å². The summed E-state index contributed by atoms with van der Waals surface area (Å²) in [4.78, 5) is 14.6. The van der Waals surface area contributed by atoms with E-state index in [2.05, 4.69) is 24.1 Å². The number of carbonyl (C=O) groups excluding carboxylic acids is 1. The summed E-state index contributed by atoms with van der Waals surface area (Å²) >= 11 is 6.06. The number of ether oxygens (including phenoxy) is 1. The molecule has 0 spiro atoms. The minimum atomic E-state index is -0.112. The maximum Gasteiger partial charge on any atom is 0.252 e. The van der Waals surface area contributed by atoms with Gasteiger partial charge >= 0.3 is 0 Å². The molecule has 5 heteroatoms. The van der Waals surface area contributed by atoms with E-state index in [0.717, 1.165) is 26.3 Å². The first-order valence-corrected chi connectivity index (χ1v) is 7.82. The Balaban J connectivity index is 1.95. The van der Waals surface area contributed by atoms with Crippen LogP contribution in [0.3, 0.4) is 0 Å². The van der Waals surface area contributed by atoms with Crippen molar-refractivity contribution in [2.24, 2.45) is 5.92 Å². The Kier molecular flexibility index (Phi) is 6.03. The minimum absolute atomic E-state index is 0.112. The summed E-state index contributed by atoms with van der Waals surface area (Å²) < 4.78 is 5.39. The highest BCUT2D eigenvalue weighted by atomic mass is 35.5. The SMILES string of the molecule is CC(C)C(CNC(=O)c1ccccc1Cl)N1CCOCC1. The van der Waals surface area contributed by atoms with Crippen LogP contribution in [-0.2, 0) is 4.74 Å². The zero-order valence-electron chi connectivity index (χ0n) is 12.6. The number of amides is 1. The minimum Gasteiger partial charge on any atom is -0.379 e. The molecule has 0 radical (unpaired) electrons. The van der Waals surface area contributed by atoms with Crippen molar-refractivity contribution in [1.82, 2.24) is 10.2 Å². The van der Waals surface area contributed by atoms with E-state index >= 15 is 0 Å². The van der Waals surface area contributed by atoms with Crippen molar-refractivity contribution in [1.29, 1.82) is 0 Å². The molecule has 1 amide bonds. The van der Waals surface area contributed by atoms with Crippen molar-refractivity contribution in [3.63, 3.8) is 0 Å². The fourth-order valence-corrected chi connectivity index (χ4v) is 2.85. The van der Waals surface area contributed by atoms with Gasteiger partial charge in [-0.25, -0.2) is 0 Å². The molecule has 0 aromatic heterocycles. The standard InChI is InChI=1S/C16H23ClN2O2/c1-12(2)15(19-7-9-21-10-8-19)11-18-16(20)13-5-3-4-6-14(13)17/h3-6,12,15H,7-11H2,1-2H3,(H,18,20). The lowest BCUT2D eigenvalue weighted by molar-refractivity contribution is 0.00673. The van der Waals surface area contributed by atoms with E-state index in [1.54, 1.807) is 12.1 Å². The molecule has 1 aliphatic rings. The van der Waals surface area contributed by atoms with E-state index in [0.29, 0.717) is 29.1 Å². The van der Waals surface area contributed by atoms with Crippen LogP contribution in [0.25, 0.3) is 0 Å². The smallest absolute Gasteiger partial charge is 0.252 e. The molecular weight excluding hydrogens is 288 g/mol. The van der Waals surface area contributed by atoms with Gasteiger partial charge in [0, 0.05) is 25.7 Å². The molecule has 116 valence electrons. The number of nitrogens with zero attached hydrogens (tertiary/aromatic N) is 1. The van der Waals surface area contributed by atoms with Gasteiger partial charge in [0.25, 0.3) is 5.91 Å². The summed E-state index contributed by atoms with van der Waals surface area (Å²) in [6.45, 7) is 8.37. The number of carbonyl (C=O) groups is 1. The van der Waals surface area contributed by atoms with E-state index < -0.39 is 0 Å². The molecule has 1 N–H and O–H groups in total. The summed E-state index contributed by atoms with van der Waals surface area (Å²) in [5.74, 6) is 0.356. The molecule has 1 aromatic rings. The van der Waals surface area contributed by atoms with Crippen LogP contribution in [0.5, 0.6) is 0 Å². The Labute approximate surface area is 131 Å². The van der Waals surface area contributed by atoms with Gasteiger partial charge in [-0.05, 0) is 18.1 Å². The summed E-state index contributed by atoms with van der Waals surface area (Å²) in [5.41, 5.74) is 0.531. The van der Waals surface area contributed by atoms with Crippen LogP contribution in [0.2, 0.25) is 5.02 Å². The average Bonchev–Trinajstić information content (AvgIpc) is 2.48. The third kappa shape index (κ3) is 4.43. The molecule has 1 unspecified atom stereocenters. The van der Waals surface area contributed by atoms with E-state index in [1.165, 1.54) is 0 Å². The lowest BCUT2D eigenvalue weighted by atomic mass is 10.0. The highest BCUT2D eigenvalue weighted by molar-refractivity contribution is 6.33. The maximum absolute atomic E-state index is 12.2. The number of rotatable bonds is 5. The first-order valence-electron chi connectivity index (χ1n) is 7.44. The third-order valence-electron chi connectivity index (χ3n) is 3.87. The van der Waals surface area contributed by atoms with Gasteiger partial charge in [-0.15, -0.1) is 0 Å². The predicted molar refractivity (Wildman–Crippen MR) is 84.8 cm³/mol. The lowest BCUT2D eigenvalue weighted by Gasteiger charge is -2.36. The molecule has 21 heavy (non-hydrogen) atoms. The molecule has 1 fully saturated rings.